The highest BCUT2D eigenvalue weighted by Crippen LogP contribution is 2.63. The van der Waals surface area contributed by atoms with E-state index in [1.807, 2.05) is 0 Å². The summed E-state index contributed by atoms with van der Waals surface area (Å²) in [5, 5.41) is 0. The van der Waals surface area contributed by atoms with E-state index >= 15 is 0 Å². The van der Waals surface area contributed by atoms with Gasteiger partial charge in [0.1, 0.15) is 11.5 Å². The number of hydrogen-bond donors (Lipinski definition) is 0. The first-order chi connectivity index (χ1) is 32.5. The summed E-state index contributed by atoms with van der Waals surface area (Å²) >= 11 is 0. The molecule has 1 aliphatic heterocycles. The molecule has 312 valence electrons. The third-order valence-electron chi connectivity index (χ3n) is 14.6. The first-order valence-corrected chi connectivity index (χ1v) is 23.0. The molecule has 3 aliphatic rings. The summed E-state index contributed by atoms with van der Waals surface area (Å²) in [4.78, 5) is 2.43. The summed E-state index contributed by atoms with van der Waals surface area (Å²) in [5.41, 5.74) is 22.5. The molecule has 0 amide bonds. The van der Waals surface area contributed by atoms with Gasteiger partial charge in [0.15, 0.2) is 0 Å². The van der Waals surface area contributed by atoms with Crippen molar-refractivity contribution in [2.45, 2.75) is 24.7 Å². The molecule has 66 heavy (non-hydrogen) atoms. The van der Waals surface area contributed by atoms with Gasteiger partial charge in [0, 0.05) is 33.5 Å². The maximum absolute atomic E-state index is 6.97. The normalized spacial score (nSPS) is 15.4. The molecule has 2 aliphatic carbocycles. The van der Waals surface area contributed by atoms with E-state index < -0.39 is 5.41 Å². The van der Waals surface area contributed by atoms with Gasteiger partial charge in [-0.25, -0.2) is 0 Å². The van der Waals surface area contributed by atoms with E-state index in [4.69, 9.17) is 4.74 Å². The Labute approximate surface area is 386 Å². The summed E-state index contributed by atoms with van der Waals surface area (Å²) in [6, 6.07) is 86.6. The van der Waals surface area contributed by atoms with E-state index in [9.17, 15) is 0 Å². The molecule has 2 nitrogen and oxygen atoms in total. The van der Waals surface area contributed by atoms with Crippen molar-refractivity contribution in [3.05, 3.63) is 270 Å². The van der Waals surface area contributed by atoms with Crippen LogP contribution < -0.4 is 9.64 Å². The number of para-hydroxylation sites is 2. The lowest BCUT2D eigenvalue weighted by molar-refractivity contribution is 0.436. The van der Waals surface area contributed by atoms with E-state index in [1.165, 1.54) is 72.3 Å². The lowest BCUT2D eigenvalue weighted by atomic mass is 9.66. The Balaban J connectivity index is 0.947. The van der Waals surface area contributed by atoms with Crippen LogP contribution in [0.5, 0.6) is 11.5 Å². The molecule has 0 N–H and O–H groups in total. The van der Waals surface area contributed by atoms with Crippen molar-refractivity contribution in [1.82, 2.24) is 0 Å². The molecule has 1 unspecified atom stereocenters. The second kappa shape index (κ2) is 14.7. The van der Waals surface area contributed by atoms with Gasteiger partial charge in [0.25, 0.3) is 0 Å². The fourth-order valence-corrected chi connectivity index (χ4v) is 11.6. The lowest BCUT2D eigenvalue weighted by Gasteiger charge is -2.39. The van der Waals surface area contributed by atoms with Crippen LogP contribution in [0.2, 0.25) is 0 Å². The van der Waals surface area contributed by atoms with Crippen molar-refractivity contribution in [3.63, 3.8) is 0 Å². The Kier molecular flexibility index (Phi) is 8.51. The van der Waals surface area contributed by atoms with Crippen molar-refractivity contribution >= 4 is 17.1 Å². The topological polar surface area (TPSA) is 12.5 Å². The van der Waals surface area contributed by atoms with Gasteiger partial charge < -0.3 is 9.64 Å². The van der Waals surface area contributed by atoms with E-state index in [0.29, 0.717) is 0 Å². The van der Waals surface area contributed by atoms with E-state index in [2.05, 4.69) is 255 Å². The lowest BCUT2D eigenvalue weighted by Crippen LogP contribution is -2.32. The van der Waals surface area contributed by atoms with Crippen LogP contribution in [0.4, 0.5) is 17.1 Å². The number of hydrogen-bond acceptors (Lipinski definition) is 2. The molecule has 1 spiro atoms. The third-order valence-corrected chi connectivity index (χ3v) is 14.6. The molecule has 1 heterocycles. The van der Waals surface area contributed by atoms with E-state index in [1.54, 1.807) is 0 Å². The number of anilines is 3. The van der Waals surface area contributed by atoms with E-state index in [0.717, 1.165) is 45.3 Å². The Morgan fingerprint density at radius 1 is 0.318 bits per heavy atom. The van der Waals surface area contributed by atoms with Crippen LogP contribution in [0.15, 0.2) is 237 Å². The molecule has 13 rings (SSSR count). The molecule has 10 aromatic rings. The summed E-state index contributed by atoms with van der Waals surface area (Å²) in [6.07, 6.45) is 0. The Hall–Kier alpha value is -8.20. The van der Waals surface area contributed by atoms with Crippen LogP contribution >= 0.6 is 0 Å². The maximum atomic E-state index is 6.97. The van der Waals surface area contributed by atoms with Crippen LogP contribution in [-0.4, -0.2) is 0 Å². The second-order valence-corrected chi connectivity index (χ2v) is 18.4. The zero-order chi connectivity index (χ0) is 44.0. The molecule has 2 heteroatoms. The van der Waals surface area contributed by atoms with Gasteiger partial charge in [-0.3, -0.25) is 0 Å². The molecule has 1 atom stereocenters. The van der Waals surface area contributed by atoms with Gasteiger partial charge in [-0.1, -0.05) is 208 Å². The minimum atomic E-state index is -0.554. The first-order valence-electron chi connectivity index (χ1n) is 23.0. The number of nitrogens with zero attached hydrogens (tertiary/aromatic N) is 1. The first kappa shape index (κ1) is 38.3. The zero-order valence-electron chi connectivity index (χ0n) is 36.9. The van der Waals surface area contributed by atoms with Gasteiger partial charge in [-0.2, -0.15) is 0 Å². The number of ether oxygens (including phenoxy) is 1. The van der Waals surface area contributed by atoms with Crippen LogP contribution in [0.1, 0.15) is 47.2 Å². The van der Waals surface area contributed by atoms with Crippen LogP contribution in [0.3, 0.4) is 0 Å². The van der Waals surface area contributed by atoms with Crippen LogP contribution in [0.25, 0.3) is 55.6 Å². The molecular weight excluding hydrogens is 799 g/mol. The summed E-state index contributed by atoms with van der Waals surface area (Å²) < 4.78 is 6.97. The summed E-state index contributed by atoms with van der Waals surface area (Å²) in [7, 11) is 0. The van der Waals surface area contributed by atoms with Gasteiger partial charge in [0.2, 0.25) is 0 Å². The molecular formula is C64H45NO. The molecule has 0 aromatic heterocycles. The zero-order valence-corrected chi connectivity index (χ0v) is 36.9. The standard InChI is InChI=1S/C64H45NO/c1-63(2)53-26-12-9-23-50(53)51-38-37-47(41-58(51)63)65(59-30-15-11-22-48(59)43-18-5-3-6-19-43)46-35-32-42(33-36-46)45-34-39-56-61(40-45)66-60-31-16-14-28-55(60)64(56)54-27-13-10-24-52(54)62-49(25-17-29-57(62)64)44-20-7-4-8-21-44/h3-41H,1-2H3. The maximum Gasteiger partial charge on any atom is 0.132 e. The van der Waals surface area contributed by atoms with Crippen molar-refractivity contribution < 1.29 is 4.74 Å². The van der Waals surface area contributed by atoms with Gasteiger partial charge in [0.05, 0.1) is 11.1 Å². The monoisotopic (exact) mass is 843 g/mol. The number of rotatable bonds is 6. The number of benzene rings is 10. The van der Waals surface area contributed by atoms with Crippen molar-refractivity contribution in [3.8, 4) is 67.1 Å². The van der Waals surface area contributed by atoms with Gasteiger partial charge in [-0.15, -0.1) is 0 Å². The molecule has 0 saturated heterocycles. The minimum absolute atomic E-state index is 0.128. The average Bonchev–Trinajstić information content (AvgIpc) is 3.80. The smallest absolute Gasteiger partial charge is 0.132 e. The average molecular weight is 844 g/mol. The van der Waals surface area contributed by atoms with Crippen LogP contribution in [0, 0.1) is 0 Å². The minimum Gasteiger partial charge on any atom is -0.457 e. The molecule has 0 saturated carbocycles. The molecule has 0 fully saturated rings. The SMILES string of the molecule is CC1(C)c2ccccc2-c2ccc(N(c3ccc(-c4ccc5c(c4)Oc4ccccc4C54c5ccccc5-c5c(-c6ccccc6)cccc54)cc3)c3ccccc3-c3ccccc3)cc21. The van der Waals surface area contributed by atoms with Crippen molar-refractivity contribution in [2.24, 2.45) is 0 Å². The highest BCUT2D eigenvalue weighted by molar-refractivity contribution is 5.97. The van der Waals surface area contributed by atoms with Gasteiger partial charge >= 0.3 is 0 Å². The predicted molar refractivity (Wildman–Crippen MR) is 272 cm³/mol. The fourth-order valence-electron chi connectivity index (χ4n) is 11.6. The fraction of sp³-hybridized carbons (Fsp3) is 0.0625. The third kappa shape index (κ3) is 5.55. The molecule has 10 aromatic carbocycles. The summed E-state index contributed by atoms with van der Waals surface area (Å²) in [6.45, 7) is 4.71. The van der Waals surface area contributed by atoms with Crippen molar-refractivity contribution in [2.75, 3.05) is 4.90 Å². The van der Waals surface area contributed by atoms with Gasteiger partial charge in [-0.05, 0) is 115 Å². The molecule has 0 radical (unpaired) electrons. The quantitative estimate of drug-likeness (QED) is 0.165. The van der Waals surface area contributed by atoms with Crippen LogP contribution in [-0.2, 0) is 10.8 Å². The highest BCUT2D eigenvalue weighted by atomic mass is 16.5. The number of fused-ring (bicyclic) bond motifs is 12. The Morgan fingerprint density at radius 2 is 0.864 bits per heavy atom. The van der Waals surface area contributed by atoms with E-state index in [-0.39, 0.29) is 5.41 Å². The Bertz CT molecular complexity index is 3530. The predicted octanol–water partition coefficient (Wildman–Crippen LogP) is 16.9. The van der Waals surface area contributed by atoms with Crippen molar-refractivity contribution in [1.29, 1.82) is 0 Å². The molecule has 0 bridgehead atoms. The second-order valence-electron chi connectivity index (χ2n) is 18.4. The Morgan fingerprint density at radius 3 is 1.64 bits per heavy atom. The summed E-state index contributed by atoms with van der Waals surface area (Å²) in [5.74, 6) is 1.77. The highest BCUT2D eigenvalue weighted by Gasteiger charge is 2.51. The largest absolute Gasteiger partial charge is 0.457 e.